The quantitative estimate of drug-likeness (QED) is 0.653. The molecule has 0 aliphatic heterocycles. The molecule has 5 heteroatoms. The van der Waals surface area contributed by atoms with Crippen LogP contribution in [-0.4, -0.2) is 24.8 Å². The van der Waals surface area contributed by atoms with Crippen LogP contribution in [0.2, 0.25) is 5.02 Å². The van der Waals surface area contributed by atoms with Crippen LogP contribution >= 0.6 is 11.6 Å². The van der Waals surface area contributed by atoms with Gasteiger partial charge in [-0.2, -0.15) is 0 Å². The maximum Gasteiger partial charge on any atom is 0.303 e. The molecule has 0 fully saturated rings. The Morgan fingerprint density at radius 3 is 2.67 bits per heavy atom. The van der Waals surface area contributed by atoms with Crippen molar-refractivity contribution in [2.45, 2.75) is 45.4 Å². The largest absolute Gasteiger partial charge is 0.493 e. The van der Waals surface area contributed by atoms with E-state index in [9.17, 15) is 4.79 Å². The summed E-state index contributed by atoms with van der Waals surface area (Å²) in [6.07, 6.45) is 4.98. The van der Waals surface area contributed by atoms with E-state index in [1.54, 1.807) is 19.2 Å². The van der Waals surface area contributed by atoms with Gasteiger partial charge in [-0.1, -0.05) is 37.8 Å². The number of halogens is 1. The van der Waals surface area contributed by atoms with Crippen molar-refractivity contribution < 1.29 is 19.4 Å². The number of ether oxygens (including phenoxy) is 2. The summed E-state index contributed by atoms with van der Waals surface area (Å²) in [5, 5.41) is 9.19. The Morgan fingerprint density at radius 2 is 2.05 bits per heavy atom. The fourth-order valence-electron chi connectivity index (χ4n) is 2.01. The molecule has 0 heterocycles. The van der Waals surface area contributed by atoms with E-state index in [-0.39, 0.29) is 6.42 Å². The molecule has 1 N–H and O–H groups in total. The highest BCUT2D eigenvalue weighted by Gasteiger charge is 2.12. The third-order valence-electron chi connectivity index (χ3n) is 3.16. The number of benzene rings is 1. The SMILES string of the molecule is CCCCCCOc1c(Cl)cc(CCC(=O)O)cc1OC. The highest BCUT2D eigenvalue weighted by atomic mass is 35.5. The second kappa shape index (κ2) is 9.50. The molecule has 0 saturated heterocycles. The van der Waals surface area contributed by atoms with E-state index < -0.39 is 5.97 Å². The van der Waals surface area contributed by atoms with Crippen molar-refractivity contribution in [1.82, 2.24) is 0 Å². The number of aryl methyl sites for hydroxylation is 1. The van der Waals surface area contributed by atoms with Gasteiger partial charge in [-0.15, -0.1) is 0 Å². The minimum absolute atomic E-state index is 0.0662. The fourth-order valence-corrected chi connectivity index (χ4v) is 2.30. The Morgan fingerprint density at radius 1 is 1.29 bits per heavy atom. The Bertz CT molecular complexity index is 460. The standard InChI is InChI=1S/C16H23ClO4/c1-3-4-5-6-9-21-16-13(17)10-12(7-8-15(18)19)11-14(16)20-2/h10-11H,3-9H2,1-2H3,(H,18,19). The van der Waals surface area contributed by atoms with Crippen molar-refractivity contribution in [3.63, 3.8) is 0 Å². The molecule has 0 saturated carbocycles. The van der Waals surface area contributed by atoms with Gasteiger partial charge >= 0.3 is 5.97 Å². The number of rotatable bonds is 10. The Kier molecular flexibility index (Phi) is 7.98. The predicted octanol–water partition coefficient (Wildman–Crippen LogP) is 4.32. The van der Waals surface area contributed by atoms with Crippen LogP contribution < -0.4 is 9.47 Å². The van der Waals surface area contributed by atoms with Crippen molar-refractivity contribution >= 4 is 17.6 Å². The van der Waals surface area contributed by atoms with Gasteiger partial charge < -0.3 is 14.6 Å². The average Bonchev–Trinajstić information content (AvgIpc) is 2.46. The first-order chi connectivity index (χ1) is 10.1. The smallest absolute Gasteiger partial charge is 0.303 e. The van der Waals surface area contributed by atoms with Gasteiger partial charge in [-0.3, -0.25) is 4.79 Å². The highest BCUT2D eigenvalue weighted by molar-refractivity contribution is 6.32. The summed E-state index contributed by atoms with van der Waals surface area (Å²) in [6, 6.07) is 3.53. The number of carbonyl (C=O) groups is 1. The van der Waals surface area contributed by atoms with Gasteiger partial charge in [0.1, 0.15) is 0 Å². The summed E-state index contributed by atoms with van der Waals surface area (Å²) in [6.45, 7) is 2.77. The van der Waals surface area contributed by atoms with Crippen LogP contribution in [-0.2, 0) is 11.2 Å². The fraction of sp³-hybridized carbons (Fsp3) is 0.562. The van der Waals surface area contributed by atoms with E-state index in [0.717, 1.165) is 18.4 Å². The predicted molar refractivity (Wildman–Crippen MR) is 83.6 cm³/mol. The summed E-state index contributed by atoms with van der Waals surface area (Å²) in [4.78, 5) is 10.6. The lowest BCUT2D eigenvalue weighted by molar-refractivity contribution is -0.136. The first-order valence-electron chi connectivity index (χ1n) is 7.29. The van der Waals surface area contributed by atoms with E-state index in [0.29, 0.717) is 29.5 Å². The van der Waals surface area contributed by atoms with E-state index in [1.165, 1.54) is 12.8 Å². The van der Waals surface area contributed by atoms with E-state index in [2.05, 4.69) is 6.92 Å². The third-order valence-corrected chi connectivity index (χ3v) is 3.44. The molecule has 1 rings (SSSR count). The maximum atomic E-state index is 10.6. The van der Waals surface area contributed by atoms with E-state index in [1.807, 2.05) is 0 Å². The van der Waals surface area contributed by atoms with Crippen LogP contribution in [0.1, 0.15) is 44.6 Å². The van der Waals surface area contributed by atoms with E-state index in [4.69, 9.17) is 26.2 Å². The molecule has 118 valence electrons. The molecule has 1 aromatic carbocycles. The Labute approximate surface area is 131 Å². The van der Waals surface area contributed by atoms with Crippen molar-refractivity contribution in [2.75, 3.05) is 13.7 Å². The van der Waals surface area contributed by atoms with Gasteiger partial charge in [0.15, 0.2) is 11.5 Å². The van der Waals surface area contributed by atoms with Gasteiger partial charge in [0.05, 0.1) is 18.7 Å². The lowest BCUT2D eigenvalue weighted by Crippen LogP contribution is -2.02. The number of hydrogen-bond donors (Lipinski definition) is 1. The van der Waals surface area contributed by atoms with Gasteiger partial charge in [-0.25, -0.2) is 0 Å². The minimum Gasteiger partial charge on any atom is -0.493 e. The number of methoxy groups -OCH3 is 1. The molecular formula is C16H23ClO4. The lowest BCUT2D eigenvalue weighted by Gasteiger charge is -2.14. The molecule has 0 radical (unpaired) electrons. The molecule has 0 spiro atoms. The molecule has 0 aliphatic rings. The maximum absolute atomic E-state index is 10.6. The minimum atomic E-state index is -0.832. The Hall–Kier alpha value is -1.42. The van der Waals surface area contributed by atoms with Gasteiger partial charge in [0, 0.05) is 6.42 Å². The van der Waals surface area contributed by atoms with Crippen LogP contribution in [0.3, 0.4) is 0 Å². The van der Waals surface area contributed by atoms with Crippen LogP contribution in [0.5, 0.6) is 11.5 Å². The zero-order chi connectivity index (χ0) is 15.7. The molecule has 21 heavy (non-hydrogen) atoms. The van der Waals surface area contributed by atoms with Crippen molar-refractivity contribution in [3.05, 3.63) is 22.7 Å². The van der Waals surface area contributed by atoms with Crippen molar-refractivity contribution in [3.8, 4) is 11.5 Å². The van der Waals surface area contributed by atoms with Gasteiger partial charge in [0.2, 0.25) is 0 Å². The summed E-state index contributed by atoms with van der Waals surface area (Å²) in [7, 11) is 1.55. The molecule has 4 nitrogen and oxygen atoms in total. The van der Waals surface area contributed by atoms with Crippen molar-refractivity contribution in [1.29, 1.82) is 0 Å². The molecule has 0 unspecified atom stereocenters. The molecule has 0 amide bonds. The van der Waals surface area contributed by atoms with E-state index >= 15 is 0 Å². The number of hydrogen-bond acceptors (Lipinski definition) is 3. The first kappa shape index (κ1) is 17.6. The van der Waals surface area contributed by atoms with Crippen LogP contribution in [0, 0.1) is 0 Å². The second-order valence-corrected chi connectivity index (χ2v) is 5.32. The summed E-state index contributed by atoms with van der Waals surface area (Å²) < 4.78 is 11.0. The second-order valence-electron chi connectivity index (χ2n) is 4.91. The number of unbranched alkanes of at least 4 members (excludes halogenated alkanes) is 3. The number of carboxylic acids is 1. The summed E-state index contributed by atoms with van der Waals surface area (Å²) in [5.74, 6) is 0.259. The monoisotopic (exact) mass is 314 g/mol. The Balaban J connectivity index is 2.68. The number of aliphatic carboxylic acids is 1. The van der Waals surface area contributed by atoms with Crippen LogP contribution in [0.25, 0.3) is 0 Å². The topological polar surface area (TPSA) is 55.8 Å². The molecule has 0 atom stereocenters. The molecular weight excluding hydrogens is 292 g/mol. The summed E-state index contributed by atoms with van der Waals surface area (Å²) >= 11 is 6.22. The molecule has 0 aromatic heterocycles. The normalized spacial score (nSPS) is 10.4. The summed E-state index contributed by atoms with van der Waals surface area (Å²) in [5.41, 5.74) is 0.831. The number of carboxylic acid groups (broad SMARTS) is 1. The molecule has 0 aliphatic carbocycles. The van der Waals surface area contributed by atoms with Crippen LogP contribution in [0.4, 0.5) is 0 Å². The van der Waals surface area contributed by atoms with Crippen molar-refractivity contribution in [2.24, 2.45) is 0 Å². The molecule has 1 aromatic rings. The first-order valence-corrected chi connectivity index (χ1v) is 7.67. The highest BCUT2D eigenvalue weighted by Crippen LogP contribution is 2.36. The zero-order valence-corrected chi connectivity index (χ0v) is 13.4. The average molecular weight is 315 g/mol. The third kappa shape index (κ3) is 6.25. The lowest BCUT2D eigenvalue weighted by atomic mass is 10.1. The van der Waals surface area contributed by atoms with Gasteiger partial charge in [0.25, 0.3) is 0 Å². The zero-order valence-electron chi connectivity index (χ0n) is 12.7. The van der Waals surface area contributed by atoms with Crippen LogP contribution in [0.15, 0.2) is 12.1 Å². The van der Waals surface area contributed by atoms with Gasteiger partial charge in [-0.05, 0) is 30.5 Å². The molecule has 0 bridgehead atoms.